The highest BCUT2D eigenvalue weighted by Crippen LogP contribution is 2.50. The molecule has 0 fully saturated rings. The molecule has 130 valence electrons. The van der Waals surface area contributed by atoms with Crippen molar-refractivity contribution in [3.05, 3.63) is 46.7 Å². The van der Waals surface area contributed by atoms with Crippen LogP contribution in [0, 0.1) is 12.3 Å². The van der Waals surface area contributed by atoms with Crippen LogP contribution >= 0.6 is 0 Å². The van der Waals surface area contributed by atoms with Crippen LogP contribution < -0.4 is 10.1 Å². The van der Waals surface area contributed by atoms with Crippen LogP contribution in [0.15, 0.2) is 29.8 Å². The summed E-state index contributed by atoms with van der Waals surface area (Å²) in [5.41, 5.74) is 5.13. The van der Waals surface area contributed by atoms with Gasteiger partial charge in [0.2, 0.25) is 0 Å². The molecule has 1 aliphatic carbocycles. The van der Waals surface area contributed by atoms with Gasteiger partial charge in [-0.05, 0) is 42.0 Å². The molecule has 0 spiro atoms. The molecule has 2 aliphatic rings. The van der Waals surface area contributed by atoms with E-state index in [2.05, 4.69) is 29.4 Å². The number of hydrogen-bond acceptors (Lipinski definition) is 4. The molecule has 1 aliphatic heterocycles. The maximum atomic E-state index is 13.0. The largest absolute Gasteiger partial charge is 0.497 e. The van der Waals surface area contributed by atoms with Gasteiger partial charge in [0.15, 0.2) is 11.6 Å². The van der Waals surface area contributed by atoms with Crippen LogP contribution in [-0.4, -0.2) is 23.1 Å². The zero-order chi connectivity index (χ0) is 17.8. The zero-order valence-electron chi connectivity index (χ0n) is 15.1. The predicted octanol–water partition coefficient (Wildman–Crippen LogP) is 4.04. The number of hydrogen-bond donors (Lipinski definition) is 2. The van der Waals surface area contributed by atoms with Crippen molar-refractivity contribution in [2.45, 2.75) is 39.7 Å². The summed E-state index contributed by atoms with van der Waals surface area (Å²) < 4.78 is 5.25. The first-order valence-corrected chi connectivity index (χ1v) is 8.62. The third kappa shape index (κ3) is 2.54. The number of rotatable bonds is 2. The summed E-state index contributed by atoms with van der Waals surface area (Å²) in [4.78, 5) is 13.0. The third-order valence-corrected chi connectivity index (χ3v) is 5.19. The summed E-state index contributed by atoms with van der Waals surface area (Å²) in [6, 6.07) is 7.72. The summed E-state index contributed by atoms with van der Waals surface area (Å²) in [7, 11) is 1.65. The van der Waals surface area contributed by atoms with Gasteiger partial charge < -0.3 is 10.1 Å². The SMILES string of the molecule is COc1ccc([C@H]2Nc3n[nH]c(C)c3C3=C2C(=O)CC(C)(C)C3)cc1. The smallest absolute Gasteiger partial charge is 0.162 e. The lowest BCUT2D eigenvalue weighted by molar-refractivity contribution is -0.118. The highest BCUT2D eigenvalue weighted by atomic mass is 16.5. The van der Waals surface area contributed by atoms with E-state index in [1.165, 1.54) is 0 Å². The van der Waals surface area contributed by atoms with Crippen LogP contribution in [0.4, 0.5) is 5.82 Å². The van der Waals surface area contributed by atoms with Crippen molar-refractivity contribution in [2.75, 3.05) is 12.4 Å². The summed E-state index contributed by atoms with van der Waals surface area (Å²) >= 11 is 0. The van der Waals surface area contributed by atoms with Crippen LogP contribution in [0.3, 0.4) is 0 Å². The normalized spacial score (nSPS) is 21.4. The lowest BCUT2D eigenvalue weighted by Crippen LogP contribution is -2.33. The predicted molar refractivity (Wildman–Crippen MR) is 97.6 cm³/mol. The standard InChI is InChI=1S/C20H23N3O2/c1-11-16-14-9-20(2,3)10-15(24)17(14)18(21-19(16)23-22-11)12-5-7-13(25-4)8-6-12/h5-8,18H,9-10H2,1-4H3,(H2,21,22,23)/t18-/m1/s1. The molecule has 0 radical (unpaired) electrons. The summed E-state index contributed by atoms with van der Waals surface area (Å²) in [5, 5.41) is 11.0. The number of aromatic nitrogens is 2. The molecule has 0 saturated heterocycles. The molecule has 2 N–H and O–H groups in total. The number of fused-ring (bicyclic) bond motifs is 2. The van der Waals surface area contributed by atoms with E-state index in [0.717, 1.165) is 46.0 Å². The Hall–Kier alpha value is -2.56. The summed E-state index contributed by atoms with van der Waals surface area (Å²) in [6.07, 6.45) is 1.46. The topological polar surface area (TPSA) is 67.0 Å². The van der Waals surface area contributed by atoms with Crippen molar-refractivity contribution in [2.24, 2.45) is 5.41 Å². The van der Waals surface area contributed by atoms with E-state index in [0.29, 0.717) is 6.42 Å². The van der Waals surface area contributed by atoms with E-state index in [1.807, 2.05) is 31.2 Å². The number of aromatic amines is 1. The number of ketones is 1. The maximum absolute atomic E-state index is 13.0. The first-order chi connectivity index (χ1) is 11.9. The Bertz CT molecular complexity index is 875. The molecule has 0 bridgehead atoms. The molecule has 1 aromatic carbocycles. The van der Waals surface area contributed by atoms with Crippen LogP contribution in [0.5, 0.6) is 5.75 Å². The van der Waals surface area contributed by atoms with Crippen LogP contribution in [-0.2, 0) is 4.79 Å². The monoisotopic (exact) mass is 337 g/mol. The molecule has 0 unspecified atom stereocenters. The number of methoxy groups -OCH3 is 1. The molecule has 2 heterocycles. The number of nitrogens with zero attached hydrogens (tertiary/aromatic N) is 1. The zero-order valence-corrected chi connectivity index (χ0v) is 15.1. The van der Waals surface area contributed by atoms with E-state index >= 15 is 0 Å². The molecule has 0 saturated carbocycles. The van der Waals surface area contributed by atoms with Crippen LogP contribution in [0.25, 0.3) is 5.57 Å². The number of Topliss-reactive ketones (excluding diaryl/α,β-unsaturated/α-hetero) is 1. The number of anilines is 1. The second-order valence-corrected chi connectivity index (χ2v) is 7.76. The van der Waals surface area contributed by atoms with Gasteiger partial charge >= 0.3 is 0 Å². The second-order valence-electron chi connectivity index (χ2n) is 7.76. The van der Waals surface area contributed by atoms with Gasteiger partial charge in [0.05, 0.1) is 13.2 Å². The van der Waals surface area contributed by atoms with E-state index in [-0.39, 0.29) is 17.2 Å². The molecule has 4 rings (SSSR count). The molecular weight excluding hydrogens is 314 g/mol. The van der Waals surface area contributed by atoms with Gasteiger partial charge in [-0.3, -0.25) is 9.89 Å². The molecule has 5 heteroatoms. The van der Waals surface area contributed by atoms with E-state index in [9.17, 15) is 4.79 Å². The van der Waals surface area contributed by atoms with E-state index < -0.39 is 0 Å². The second kappa shape index (κ2) is 5.48. The van der Waals surface area contributed by atoms with Crippen LogP contribution in [0.2, 0.25) is 0 Å². The average Bonchev–Trinajstić information content (AvgIpc) is 2.94. The number of ether oxygens (including phenoxy) is 1. The first kappa shape index (κ1) is 15.9. The minimum absolute atomic E-state index is 0.0291. The molecule has 5 nitrogen and oxygen atoms in total. The van der Waals surface area contributed by atoms with E-state index in [4.69, 9.17) is 4.74 Å². The number of aryl methyl sites for hydroxylation is 1. The Kier molecular flexibility index (Phi) is 3.49. The van der Waals surface area contributed by atoms with Gasteiger partial charge in [-0.2, -0.15) is 5.10 Å². The molecule has 1 atom stereocenters. The number of benzene rings is 1. The minimum Gasteiger partial charge on any atom is -0.497 e. The Labute approximate surface area is 147 Å². The molecule has 0 amide bonds. The van der Waals surface area contributed by atoms with Gasteiger partial charge in [-0.25, -0.2) is 0 Å². The maximum Gasteiger partial charge on any atom is 0.162 e. The number of allylic oxidation sites excluding steroid dienone is 1. The number of carbonyl (C=O) groups is 1. The summed E-state index contributed by atoms with van der Waals surface area (Å²) in [6.45, 7) is 6.33. The summed E-state index contributed by atoms with van der Waals surface area (Å²) in [5.74, 6) is 1.87. The van der Waals surface area contributed by atoms with Crippen molar-refractivity contribution in [3.63, 3.8) is 0 Å². The molecule has 25 heavy (non-hydrogen) atoms. The number of carbonyl (C=O) groups excluding carboxylic acids is 1. The first-order valence-electron chi connectivity index (χ1n) is 8.62. The van der Waals surface area contributed by atoms with Gasteiger partial charge in [-0.1, -0.05) is 26.0 Å². The number of H-pyrrole nitrogens is 1. The Morgan fingerprint density at radius 1 is 1.20 bits per heavy atom. The van der Waals surface area contributed by atoms with Gasteiger partial charge in [-0.15, -0.1) is 0 Å². The highest BCUT2D eigenvalue weighted by molar-refractivity contribution is 6.08. The van der Waals surface area contributed by atoms with Crippen molar-refractivity contribution < 1.29 is 9.53 Å². The fraction of sp³-hybridized carbons (Fsp3) is 0.400. The van der Waals surface area contributed by atoms with Gasteiger partial charge in [0.1, 0.15) is 5.75 Å². The Morgan fingerprint density at radius 2 is 1.92 bits per heavy atom. The Balaban J connectivity index is 1.88. The van der Waals surface area contributed by atoms with E-state index in [1.54, 1.807) is 7.11 Å². The molecular formula is C20H23N3O2. The fourth-order valence-corrected chi connectivity index (χ4v) is 4.05. The number of nitrogens with one attached hydrogen (secondary N) is 2. The third-order valence-electron chi connectivity index (χ3n) is 5.19. The fourth-order valence-electron chi connectivity index (χ4n) is 4.05. The van der Waals surface area contributed by atoms with Crippen molar-refractivity contribution >= 4 is 17.2 Å². The van der Waals surface area contributed by atoms with Gasteiger partial charge in [0, 0.05) is 23.3 Å². The van der Waals surface area contributed by atoms with Crippen molar-refractivity contribution in [1.82, 2.24) is 10.2 Å². The van der Waals surface area contributed by atoms with Crippen LogP contribution in [0.1, 0.15) is 49.6 Å². The lowest BCUT2D eigenvalue weighted by Gasteiger charge is -2.38. The lowest BCUT2D eigenvalue weighted by atomic mass is 9.68. The molecule has 1 aromatic heterocycles. The molecule has 2 aromatic rings. The average molecular weight is 337 g/mol. The quantitative estimate of drug-likeness (QED) is 0.868. The van der Waals surface area contributed by atoms with Crippen molar-refractivity contribution in [3.8, 4) is 5.75 Å². The van der Waals surface area contributed by atoms with Crippen molar-refractivity contribution in [1.29, 1.82) is 0 Å². The minimum atomic E-state index is -0.167. The Morgan fingerprint density at radius 3 is 2.60 bits per heavy atom. The highest BCUT2D eigenvalue weighted by Gasteiger charge is 2.41. The van der Waals surface area contributed by atoms with Gasteiger partial charge in [0.25, 0.3) is 0 Å².